The molecule has 0 aromatic heterocycles. The van der Waals surface area contributed by atoms with Gasteiger partial charge in [0.2, 0.25) is 0 Å². The first-order valence-corrected chi connectivity index (χ1v) is 7.10. The fourth-order valence-corrected chi connectivity index (χ4v) is 2.89. The summed E-state index contributed by atoms with van der Waals surface area (Å²) >= 11 is 7.02. The van der Waals surface area contributed by atoms with E-state index >= 15 is 0 Å². The van der Waals surface area contributed by atoms with Gasteiger partial charge in [-0.15, -0.1) is 0 Å². The summed E-state index contributed by atoms with van der Waals surface area (Å²) in [7, 11) is 0. The Bertz CT molecular complexity index is 329. The Hall–Kier alpha value is -0.0200. The van der Waals surface area contributed by atoms with Crippen molar-refractivity contribution in [3.05, 3.63) is 28.7 Å². The molecule has 0 aliphatic heterocycles. The molecule has 82 valence electrons. The number of rotatable bonds is 4. The Morgan fingerprint density at radius 1 is 1.33 bits per heavy atom. The summed E-state index contributed by atoms with van der Waals surface area (Å²) in [6, 6.07) is 8.03. The molecule has 0 amide bonds. The van der Waals surface area contributed by atoms with Gasteiger partial charge in [0.25, 0.3) is 0 Å². The molecule has 0 unspecified atom stereocenters. The zero-order chi connectivity index (χ0) is 10.7. The molecule has 1 fully saturated rings. The molecule has 1 aromatic carbocycles. The molecule has 1 aliphatic rings. The maximum Gasteiger partial charge on any atom is 0.120 e. The molecule has 0 bridgehead atoms. The van der Waals surface area contributed by atoms with E-state index in [1.165, 1.54) is 19.3 Å². The zero-order valence-corrected chi connectivity index (χ0v) is 11.7. The SMILES string of the molecule is BrCC1(COc2cccc(Br)c2)CCC1. The number of benzene rings is 1. The molecule has 1 saturated carbocycles. The van der Waals surface area contributed by atoms with Crippen LogP contribution in [0.3, 0.4) is 0 Å². The third kappa shape index (κ3) is 2.76. The van der Waals surface area contributed by atoms with Gasteiger partial charge in [-0.1, -0.05) is 44.3 Å². The largest absolute Gasteiger partial charge is 0.493 e. The van der Waals surface area contributed by atoms with Gasteiger partial charge >= 0.3 is 0 Å². The van der Waals surface area contributed by atoms with Gasteiger partial charge < -0.3 is 4.74 Å². The Morgan fingerprint density at radius 3 is 2.67 bits per heavy atom. The lowest BCUT2D eigenvalue weighted by Gasteiger charge is -2.39. The Morgan fingerprint density at radius 2 is 2.13 bits per heavy atom. The van der Waals surface area contributed by atoms with Crippen molar-refractivity contribution in [2.75, 3.05) is 11.9 Å². The molecule has 2 rings (SSSR count). The Balaban J connectivity index is 1.92. The number of ether oxygens (including phenoxy) is 1. The van der Waals surface area contributed by atoms with E-state index in [0.717, 1.165) is 22.2 Å². The normalized spacial score (nSPS) is 18.3. The average molecular weight is 334 g/mol. The molecule has 3 heteroatoms. The second-order valence-corrected chi connectivity index (χ2v) is 5.71. The van der Waals surface area contributed by atoms with Gasteiger partial charge in [-0.25, -0.2) is 0 Å². The van der Waals surface area contributed by atoms with E-state index < -0.39 is 0 Å². The van der Waals surface area contributed by atoms with Crippen LogP contribution in [0.4, 0.5) is 0 Å². The van der Waals surface area contributed by atoms with Crippen LogP contribution in [0.15, 0.2) is 28.7 Å². The summed E-state index contributed by atoms with van der Waals surface area (Å²) < 4.78 is 6.90. The van der Waals surface area contributed by atoms with Crippen molar-refractivity contribution in [1.82, 2.24) is 0 Å². The minimum Gasteiger partial charge on any atom is -0.493 e. The van der Waals surface area contributed by atoms with Crippen LogP contribution in [-0.4, -0.2) is 11.9 Å². The topological polar surface area (TPSA) is 9.23 Å². The zero-order valence-electron chi connectivity index (χ0n) is 8.51. The second-order valence-electron chi connectivity index (χ2n) is 4.23. The molecule has 1 nitrogen and oxygen atoms in total. The highest BCUT2D eigenvalue weighted by Crippen LogP contribution is 2.42. The summed E-state index contributed by atoms with van der Waals surface area (Å²) in [5, 5.41) is 1.05. The quantitative estimate of drug-likeness (QED) is 0.742. The average Bonchev–Trinajstić information content (AvgIpc) is 2.17. The van der Waals surface area contributed by atoms with Crippen molar-refractivity contribution in [3.63, 3.8) is 0 Å². The first-order valence-electron chi connectivity index (χ1n) is 5.18. The van der Waals surface area contributed by atoms with Crippen molar-refractivity contribution in [1.29, 1.82) is 0 Å². The summed E-state index contributed by atoms with van der Waals surface area (Å²) in [5.74, 6) is 0.955. The standard InChI is InChI=1S/C12H14Br2O/c13-8-12(5-2-6-12)9-15-11-4-1-3-10(14)7-11/h1,3-4,7H,2,5-6,8-9H2. The van der Waals surface area contributed by atoms with Gasteiger partial charge in [0, 0.05) is 15.2 Å². The highest BCUT2D eigenvalue weighted by Gasteiger charge is 2.36. The van der Waals surface area contributed by atoms with Crippen LogP contribution < -0.4 is 4.74 Å². The van der Waals surface area contributed by atoms with Crippen LogP contribution in [-0.2, 0) is 0 Å². The van der Waals surface area contributed by atoms with Gasteiger partial charge in [-0.05, 0) is 31.0 Å². The lowest BCUT2D eigenvalue weighted by Crippen LogP contribution is -2.37. The molecule has 15 heavy (non-hydrogen) atoms. The van der Waals surface area contributed by atoms with E-state index in [9.17, 15) is 0 Å². The Labute approximate surface area is 107 Å². The predicted octanol–water partition coefficient (Wildman–Crippen LogP) is 4.39. The molecule has 0 heterocycles. The third-order valence-corrected chi connectivity index (χ3v) is 4.72. The molecule has 1 aromatic rings. The smallest absolute Gasteiger partial charge is 0.120 e. The highest BCUT2D eigenvalue weighted by molar-refractivity contribution is 9.10. The number of hydrogen-bond donors (Lipinski definition) is 0. The summed E-state index contributed by atoms with van der Waals surface area (Å²) in [6.07, 6.45) is 3.91. The predicted molar refractivity (Wildman–Crippen MR) is 69.7 cm³/mol. The highest BCUT2D eigenvalue weighted by atomic mass is 79.9. The molecular formula is C12H14Br2O. The maximum absolute atomic E-state index is 5.82. The van der Waals surface area contributed by atoms with Gasteiger partial charge in [0.05, 0.1) is 6.61 Å². The van der Waals surface area contributed by atoms with Gasteiger partial charge in [0.15, 0.2) is 0 Å². The van der Waals surface area contributed by atoms with Crippen molar-refractivity contribution >= 4 is 31.9 Å². The van der Waals surface area contributed by atoms with Crippen LogP contribution in [0.25, 0.3) is 0 Å². The van der Waals surface area contributed by atoms with Crippen LogP contribution in [0, 0.1) is 5.41 Å². The molecular weight excluding hydrogens is 320 g/mol. The molecule has 0 atom stereocenters. The van der Waals surface area contributed by atoms with Crippen LogP contribution in [0.2, 0.25) is 0 Å². The summed E-state index contributed by atoms with van der Waals surface area (Å²) in [4.78, 5) is 0. The van der Waals surface area contributed by atoms with E-state index in [1.807, 2.05) is 24.3 Å². The van der Waals surface area contributed by atoms with Gasteiger partial charge in [-0.3, -0.25) is 0 Å². The molecule has 0 N–H and O–H groups in total. The molecule has 0 spiro atoms. The van der Waals surface area contributed by atoms with E-state index in [4.69, 9.17) is 4.74 Å². The fourth-order valence-electron chi connectivity index (χ4n) is 1.79. The number of hydrogen-bond acceptors (Lipinski definition) is 1. The van der Waals surface area contributed by atoms with Crippen LogP contribution in [0.5, 0.6) is 5.75 Å². The van der Waals surface area contributed by atoms with Gasteiger partial charge in [-0.2, -0.15) is 0 Å². The molecule has 0 radical (unpaired) electrons. The minimum atomic E-state index is 0.391. The lowest BCUT2D eigenvalue weighted by molar-refractivity contribution is 0.0838. The lowest BCUT2D eigenvalue weighted by atomic mass is 9.71. The van der Waals surface area contributed by atoms with E-state index in [-0.39, 0.29) is 0 Å². The third-order valence-electron chi connectivity index (χ3n) is 3.04. The van der Waals surface area contributed by atoms with Crippen molar-refractivity contribution in [2.45, 2.75) is 19.3 Å². The molecule has 0 saturated heterocycles. The maximum atomic E-state index is 5.82. The van der Waals surface area contributed by atoms with Crippen molar-refractivity contribution in [2.24, 2.45) is 5.41 Å². The first-order chi connectivity index (χ1) is 7.24. The summed E-state index contributed by atoms with van der Waals surface area (Å²) in [5.41, 5.74) is 0.391. The van der Waals surface area contributed by atoms with Crippen molar-refractivity contribution < 1.29 is 4.74 Å². The van der Waals surface area contributed by atoms with Gasteiger partial charge in [0.1, 0.15) is 5.75 Å². The summed E-state index contributed by atoms with van der Waals surface area (Å²) in [6.45, 7) is 0.828. The molecule has 1 aliphatic carbocycles. The minimum absolute atomic E-state index is 0.391. The van der Waals surface area contributed by atoms with Crippen LogP contribution in [0.1, 0.15) is 19.3 Å². The fraction of sp³-hybridized carbons (Fsp3) is 0.500. The van der Waals surface area contributed by atoms with Crippen molar-refractivity contribution in [3.8, 4) is 5.75 Å². The van der Waals surface area contributed by atoms with E-state index in [1.54, 1.807) is 0 Å². The van der Waals surface area contributed by atoms with E-state index in [0.29, 0.717) is 5.41 Å². The van der Waals surface area contributed by atoms with E-state index in [2.05, 4.69) is 31.9 Å². The number of halogens is 2. The van der Waals surface area contributed by atoms with Crippen LogP contribution >= 0.6 is 31.9 Å². The Kier molecular flexibility index (Phi) is 3.73. The monoisotopic (exact) mass is 332 g/mol. The second kappa shape index (κ2) is 4.88. The first kappa shape index (κ1) is 11.5. The number of alkyl halides is 1.